The molecule has 29 heavy (non-hydrogen) atoms. The van der Waals surface area contributed by atoms with Crippen molar-refractivity contribution in [3.63, 3.8) is 0 Å². The summed E-state index contributed by atoms with van der Waals surface area (Å²) in [5.41, 5.74) is 5.84. The topological polar surface area (TPSA) is 68.9 Å². The molecule has 0 saturated carbocycles. The van der Waals surface area contributed by atoms with Crippen LogP contribution in [0.4, 0.5) is 0 Å². The summed E-state index contributed by atoms with van der Waals surface area (Å²) in [6.45, 7) is 12.4. The Balaban J connectivity index is 2.02. The number of fused-ring (bicyclic) bond motifs is 4. The molecule has 0 saturated heterocycles. The second-order valence-electron chi connectivity index (χ2n) is 8.70. The van der Waals surface area contributed by atoms with E-state index in [1.807, 2.05) is 27.7 Å². The van der Waals surface area contributed by atoms with Gasteiger partial charge in [0.2, 0.25) is 0 Å². The van der Waals surface area contributed by atoms with E-state index < -0.39 is 0 Å². The summed E-state index contributed by atoms with van der Waals surface area (Å²) in [4.78, 5) is 12.7. The summed E-state index contributed by atoms with van der Waals surface area (Å²) in [6.07, 6.45) is -0.0702. The van der Waals surface area contributed by atoms with E-state index in [1.54, 1.807) is 6.07 Å². The molecule has 5 nitrogen and oxygen atoms in total. The highest BCUT2D eigenvalue weighted by atomic mass is 16.5. The first-order valence-electron chi connectivity index (χ1n) is 10.3. The maximum Gasteiger partial charge on any atom is 0.185 e. The van der Waals surface area contributed by atoms with Crippen LogP contribution in [0, 0.1) is 13.8 Å². The van der Waals surface area contributed by atoms with Crippen LogP contribution in [0.2, 0.25) is 0 Å². The van der Waals surface area contributed by atoms with Gasteiger partial charge in [-0.3, -0.25) is 4.79 Å². The third-order valence-corrected chi connectivity index (χ3v) is 7.15. The summed E-state index contributed by atoms with van der Waals surface area (Å²) in [7, 11) is 0. The van der Waals surface area contributed by atoms with Crippen LogP contribution in [0.25, 0.3) is 22.3 Å². The molecule has 0 radical (unpaired) electrons. The van der Waals surface area contributed by atoms with Crippen molar-refractivity contribution < 1.29 is 19.0 Å². The fourth-order valence-corrected chi connectivity index (χ4v) is 5.11. The normalized spacial score (nSPS) is 25.9. The van der Waals surface area contributed by atoms with Gasteiger partial charge in [0.05, 0.1) is 18.3 Å². The van der Waals surface area contributed by atoms with Gasteiger partial charge in [-0.25, -0.2) is 0 Å². The Kier molecular flexibility index (Phi) is 3.82. The van der Waals surface area contributed by atoms with Gasteiger partial charge in [-0.15, -0.1) is 0 Å². The molecule has 0 amide bonds. The predicted octanol–water partition coefficient (Wildman–Crippen LogP) is 5.13. The van der Waals surface area contributed by atoms with Gasteiger partial charge >= 0.3 is 0 Å². The van der Waals surface area contributed by atoms with Crippen molar-refractivity contribution in [2.24, 2.45) is 0 Å². The van der Waals surface area contributed by atoms with Crippen LogP contribution >= 0.6 is 0 Å². The fourth-order valence-electron chi connectivity index (χ4n) is 5.11. The van der Waals surface area contributed by atoms with Gasteiger partial charge in [-0.2, -0.15) is 0 Å². The molecule has 0 spiro atoms. The highest BCUT2D eigenvalue weighted by molar-refractivity contribution is 6.00. The lowest BCUT2D eigenvalue weighted by Crippen LogP contribution is -2.29. The van der Waals surface area contributed by atoms with Crippen LogP contribution in [-0.4, -0.2) is 17.3 Å². The van der Waals surface area contributed by atoms with Crippen LogP contribution in [0.5, 0.6) is 11.5 Å². The lowest BCUT2D eigenvalue weighted by molar-refractivity contribution is 0.0242. The molecule has 1 N–H and O–H groups in total. The number of aromatic hydroxyl groups is 1. The second-order valence-corrected chi connectivity index (χ2v) is 8.70. The Hall–Kier alpha value is -2.53. The molecule has 3 heterocycles. The number of phenols is 1. The lowest BCUT2D eigenvalue weighted by Gasteiger charge is -2.35. The van der Waals surface area contributed by atoms with E-state index in [2.05, 4.69) is 13.8 Å². The van der Waals surface area contributed by atoms with Crippen molar-refractivity contribution in [2.75, 3.05) is 0 Å². The lowest BCUT2D eigenvalue weighted by atomic mass is 9.81. The maximum atomic E-state index is 12.7. The molecule has 4 atom stereocenters. The monoisotopic (exact) mass is 394 g/mol. The Morgan fingerprint density at radius 1 is 1.00 bits per heavy atom. The smallest absolute Gasteiger partial charge is 0.185 e. The highest BCUT2D eigenvalue weighted by Crippen LogP contribution is 2.54. The summed E-state index contributed by atoms with van der Waals surface area (Å²) in [5, 5.41) is 11.8. The zero-order valence-corrected chi connectivity index (χ0v) is 17.7. The van der Waals surface area contributed by atoms with Gasteiger partial charge in [0.1, 0.15) is 34.3 Å². The Morgan fingerprint density at radius 2 is 1.69 bits per heavy atom. The maximum absolute atomic E-state index is 12.7. The second kappa shape index (κ2) is 5.99. The first-order valence-corrected chi connectivity index (χ1v) is 10.3. The van der Waals surface area contributed by atoms with E-state index in [4.69, 9.17) is 13.9 Å². The quantitative estimate of drug-likeness (QED) is 0.536. The molecule has 4 aliphatic rings. The first-order chi connectivity index (χ1) is 13.7. The van der Waals surface area contributed by atoms with Gasteiger partial charge in [-0.1, -0.05) is 13.8 Å². The van der Waals surface area contributed by atoms with E-state index in [9.17, 15) is 9.90 Å². The average molecular weight is 394 g/mol. The average Bonchev–Trinajstić information content (AvgIpc) is 2.68. The van der Waals surface area contributed by atoms with E-state index in [-0.39, 0.29) is 35.2 Å². The Labute approximate surface area is 169 Å². The summed E-state index contributed by atoms with van der Waals surface area (Å²) < 4.78 is 18.6. The summed E-state index contributed by atoms with van der Waals surface area (Å²) >= 11 is 0. The molecule has 1 aliphatic carbocycles. The van der Waals surface area contributed by atoms with Crippen molar-refractivity contribution in [1.29, 1.82) is 0 Å². The number of rotatable bonds is 0. The minimum atomic E-state index is -0.122. The van der Waals surface area contributed by atoms with E-state index in [1.165, 1.54) is 0 Å². The number of phenolic OH excluding ortho intramolecular Hbond substituents is 1. The summed E-state index contributed by atoms with van der Waals surface area (Å²) in [6, 6.07) is 1.54. The third kappa shape index (κ3) is 2.28. The minimum absolute atomic E-state index is 0.0362. The van der Waals surface area contributed by atoms with Crippen LogP contribution < -0.4 is 10.2 Å². The minimum Gasteiger partial charge on any atom is -0.507 e. The molecule has 152 valence electrons. The Bertz CT molecular complexity index is 1200. The van der Waals surface area contributed by atoms with E-state index in [0.29, 0.717) is 29.1 Å². The zero-order valence-electron chi connectivity index (χ0n) is 17.7. The molecule has 0 fully saturated rings. The van der Waals surface area contributed by atoms with E-state index >= 15 is 0 Å². The standard InChI is InChI=1S/C24H26O5/c1-9-13(5)27-8-15-18(9)12(4)22(26)21-23(15)29-17-7-16(25)11(3)19-10(2)14(6)28-24(21)20(17)19/h7,9-10,13-14,26H,8H2,1-6H3. The van der Waals surface area contributed by atoms with Crippen LogP contribution in [0.15, 0.2) is 15.3 Å². The van der Waals surface area contributed by atoms with Crippen molar-refractivity contribution in [1.82, 2.24) is 0 Å². The largest absolute Gasteiger partial charge is 0.507 e. The van der Waals surface area contributed by atoms with Crippen molar-refractivity contribution >= 4 is 11.0 Å². The number of benzene rings is 2. The van der Waals surface area contributed by atoms with Gasteiger partial charge < -0.3 is 19.0 Å². The number of ether oxygens (including phenoxy) is 2. The molecular weight excluding hydrogens is 368 g/mol. The van der Waals surface area contributed by atoms with Crippen LogP contribution in [0.1, 0.15) is 67.3 Å². The van der Waals surface area contributed by atoms with Crippen LogP contribution in [0.3, 0.4) is 0 Å². The Morgan fingerprint density at radius 3 is 2.41 bits per heavy atom. The van der Waals surface area contributed by atoms with E-state index in [0.717, 1.165) is 33.4 Å². The number of hydrogen-bond acceptors (Lipinski definition) is 5. The molecule has 4 unspecified atom stereocenters. The fraction of sp³-hybridized carbons (Fsp3) is 0.458. The molecule has 3 aliphatic heterocycles. The molecule has 5 heteroatoms. The molecule has 0 bridgehead atoms. The first kappa shape index (κ1) is 18.5. The van der Waals surface area contributed by atoms with Gasteiger partial charge in [0, 0.05) is 29.0 Å². The zero-order chi connectivity index (χ0) is 20.8. The highest BCUT2D eigenvalue weighted by Gasteiger charge is 2.38. The summed E-state index contributed by atoms with van der Waals surface area (Å²) in [5.74, 6) is 1.49. The molecular formula is C24H26O5. The molecule has 5 rings (SSSR count). The van der Waals surface area contributed by atoms with Crippen LogP contribution in [-0.2, 0) is 11.3 Å². The predicted molar refractivity (Wildman–Crippen MR) is 111 cm³/mol. The van der Waals surface area contributed by atoms with Crippen molar-refractivity contribution in [3.8, 4) is 22.8 Å². The molecule has 1 aromatic carbocycles. The van der Waals surface area contributed by atoms with Gasteiger partial charge in [-0.05, 0) is 44.4 Å². The number of hydrogen-bond donors (Lipinski definition) is 1. The van der Waals surface area contributed by atoms with Crippen molar-refractivity contribution in [2.45, 2.75) is 72.2 Å². The van der Waals surface area contributed by atoms with Gasteiger partial charge in [0.25, 0.3) is 0 Å². The SMILES string of the molecule is Cc1c2c(c3oc4cc(=O)c(C)c5c-4c(c3c1O)OC(C)C5C)COC(C)C2C. The molecule has 0 aromatic heterocycles. The van der Waals surface area contributed by atoms with Crippen molar-refractivity contribution in [3.05, 3.63) is 44.1 Å². The molecule has 1 aromatic rings. The van der Waals surface area contributed by atoms with Gasteiger partial charge in [0.15, 0.2) is 5.43 Å². The third-order valence-electron chi connectivity index (χ3n) is 7.15.